The summed E-state index contributed by atoms with van der Waals surface area (Å²) in [5.41, 5.74) is 0.955. The van der Waals surface area contributed by atoms with E-state index in [4.69, 9.17) is 16.3 Å². The van der Waals surface area contributed by atoms with Crippen LogP contribution >= 0.6 is 27.5 Å². The highest BCUT2D eigenvalue weighted by Gasteiger charge is 2.08. The predicted molar refractivity (Wildman–Crippen MR) is 73.3 cm³/mol. The topological polar surface area (TPSA) is 21.3 Å². The van der Waals surface area contributed by atoms with Crippen molar-refractivity contribution in [2.45, 2.75) is 26.4 Å². The number of hydrogen-bond donors (Lipinski definition) is 1. The maximum atomic E-state index is 5.90. The average molecular weight is 307 g/mol. The normalized spacial score (nSPS) is 11.6. The number of anilines is 1. The number of hydrogen-bond acceptors (Lipinski definition) is 2. The average Bonchev–Trinajstić information content (AvgIpc) is 2.17. The second kappa shape index (κ2) is 5.89. The molecule has 0 bridgehead atoms. The van der Waals surface area contributed by atoms with Gasteiger partial charge in [0.15, 0.2) is 0 Å². The number of benzene rings is 1. The third kappa shape index (κ3) is 5.19. The van der Waals surface area contributed by atoms with Crippen LogP contribution in [0.25, 0.3) is 0 Å². The van der Waals surface area contributed by atoms with Gasteiger partial charge in [0.05, 0.1) is 17.2 Å². The van der Waals surface area contributed by atoms with Crippen LogP contribution in [0, 0.1) is 0 Å². The van der Waals surface area contributed by atoms with Gasteiger partial charge in [-0.15, -0.1) is 0 Å². The van der Waals surface area contributed by atoms with Crippen LogP contribution in [0.5, 0.6) is 0 Å². The molecule has 0 aliphatic heterocycles. The summed E-state index contributed by atoms with van der Waals surface area (Å²) in [4.78, 5) is 0. The van der Waals surface area contributed by atoms with Crippen molar-refractivity contribution in [3.05, 3.63) is 27.7 Å². The molecular formula is C12H17BrClNO. The van der Waals surface area contributed by atoms with Crippen molar-refractivity contribution >= 4 is 33.2 Å². The summed E-state index contributed by atoms with van der Waals surface area (Å²) < 4.78 is 6.50. The maximum Gasteiger partial charge on any atom is 0.0646 e. The third-order valence-corrected chi connectivity index (χ3v) is 3.10. The lowest BCUT2D eigenvalue weighted by Crippen LogP contribution is -2.23. The molecule has 0 atom stereocenters. The van der Waals surface area contributed by atoms with E-state index in [1.54, 1.807) is 0 Å². The minimum Gasteiger partial charge on any atom is -0.383 e. The van der Waals surface area contributed by atoms with Gasteiger partial charge < -0.3 is 10.1 Å². The first-order valence-electron chi connectivity index (χ1n) is 5.21. The molecule has 0 spiro atoms. The standard InChI is InChI=1S/C12H17BrClNO/c1-12(2,3)16-7-6-15-9-4-5-11(14)10(13)8-9/h4-5,8,15H,6-7H2,1-3H3. The van der Waals surface area contributed by atoms with Gasteiger partial charge in [0.25, 0.3) is 0 Å². The van der Waals surface area contributed by atoms with Crippen molar-refractivity contribution in [3.63, 3.8) is 0 Å². The first kappa shape index (κ1) is 13.8. The molecule has 90 valence electrons. The molecule has 1 aromatic carbocycles. The van der Waals surface area contributed by atoms with Gasteiger partial charge in [-0.1, -0.05) is 11.6 Å². The van der Waals surface area contributed by atoms with Crippen LogP contribution in [-0.2, 0) is 4.74 Å². The van der Waals surface area contributed by atoms with E-state index in [1.807, 2.05) is 39.0 Å². The third-order valence-electron chi connectivity index (χ3n) is 1.89. The highest BCUT2D eigenvalue weighted by atomic mass is 79.9. The Balaban J connectivity index is 2.35. The van der Waals surface area contributed by atoms with E-state index in [2.05, 4.69) is 21.2 Å². The fourth-order valence-corrected chi connectivity index (χ4v) is 1.66. The molecule has 1 rings (SSSR count). The molecule has 16 heavy (non-hydrogen) atoms. The van der Waals surface area contributed by atoms with Gasteiger partial charge in [-0.2, -0.15) is 0 Å². The van der Waals surface area contributed by atoms with Crippen LogP contribution in [-0.4, -0.2) is 18.8 Å². The van der Waals surface area contributed by atoms with Crippen LogP contribution in [0.3, 0.4) is 0 Å². The van der Waals surface area contributed by atoms with Crippen LogP contribution in [0.4, 0.5) is 5.69 Å². The highest BCUT2D eigenvalue weighted by molar-refractivity contribution is 9.10. The van der Waals surface area contributed by atoms with E-state index in [1.165, 1.54) is 0 Å². The second-order valence-electron chi connectivity index (χ2n) is 4.52. The molecule has 0 aliphatic carbocycles. The summed E-state index contributed by atoms with van der Waals surface area (Å²) >= 11 is 9.29. The minimum absolute atomic E-state index is 0.0811. The molecule has 1 N–H and O–H groups in total. The maximum absolute atomic E-state index is 5.90. The number of nitrogens with one attached hydrogen (secondary N) is 1. The van der Waals surface area contributed by atoms with Crippen LogP contribution < -0.4 is 5.32 Å². The van der Waals surface area contributed by atoms with Gasteiger partial charge in [0.2, 0.25) is 0 Å². The van der Waals surface area contributed by atoms with Crippen molar-refractivity contribution < 1.29 is 4.74 Å². The van der Waals surface area contributed by atoms with Crippen molar-refractivity contribution in [2.75, 3.05) is 18.5 Å². The van der Waals surface area contributed by atoms with Crippen LogP contribution in [0.1, 0.15) is 20.8 Å². The summed E-state index contributed by atoms with van der Waals surface area (Å²) in [6.07, 6.45) is 0. The fourth-order valence-electron chi connectivity index (χ4n) is 1.16. The van der Waals surface area contributed by atoms with E-state index < -0.39 is 0 Å². The Morgan fingerprint density at radius 1 is 1.38 bits per heavy atom. The smallest absolute Gasteiger partial charge is 0.0646 e. The molecule has 0 aliphatic rings. The van der Waals surface area contributed by atoms with Gasteiger partial charge in [0, 0.05) is 16.7 Å². The molecule has 2 nitrogen and oxygen atoms in total. The zero-order valence-electron chi connectivity index (χ0n) is 9.81. The minimum atomic E-state index is -0.0811. The molecule has 0 radical (unpaired) electrons. The number of rotatable bonds is 4. The van der Waals surface area contributed by atoms with Gasteiger partial charge in [-0.05, 0) is 54.9 Å². The molecule has 4 heteroatoms. The molecule has 0 saturated heterocycles. The summed E-state index contributed by atoms with van der Waals surface area (Å²) in [5.74, 6) is 0. The Morgan fingerprint density at radius 2 is 2.06 bits per heavy atom. The molecule has 0 amide bonds. The van der Waals surface area contributed by atoms with Crippen molar-refractivity contribution in [3.8, 4) is 0 Å². The molecule has 0 unspecified atom stereocenters. The largest absolute Gasteiger partial charge is 0.383 e. The Bertz CT molecular complexity index is 349. The van der Waals surface area contributed by atoms with Crippen molar-refractivity contribution in [1.29, 1.82) is 0 Å². The SMILES string of the molecule is CC(C)(C)OCCNc1ccc(Cl)c(Br)c1. The monoisotopic (exact) mass is 305 g/mol. The molecule has 0 heterocycles. The number of ether oxygens (including phenoxy) is 1. The lowest BCUT2D eigenvalue weighted by molar-refractivity contribution is 0.00333. The molecule has 0 saturated carbocycles. The summed E-state index contributed by atoms with van der Waals surface area (Å²) in [7, 11) is 0. The van der Waals surface area contributed by atoms with E-state index in [-0.39, 0.29) is 5.60 Å². The lowest BCUT2D eigenvalue weighted by atomic mass is 10.2. The van der Waals surface area contributed by atoms with E-state index in [9.17, 15) is 0 Å². The van der Waals surface area contributed by atoms with Crippen molar-refractivity contribution in [2.24, 2.45) is 0 Å². The highest BCUT2D eigenvalue weighted by Crippen LogP contribution is 2.25. The van der Waals surface area contributed by atoms with E-state index in [0.29, 0.717) is 6.61 Å². The summed E-state index contributed by atoms with van der Waals surface area (Å²) in [6, 6.07) is 5.77. The number of halogens is 2. The lowest BCUT2D eigenvalue weighted by Gasteiger charge is -2.19. The van der Waals surface area contributed by atoms with Gasteiger partial charge in [0.1, 0.15) is 0 Å². The predicted octanol–water partition coefficient (Wildman–Crippen LogP) is 4.33. The molecule has 0 aromatic heterocycles. The Hall–Kier alpha value is -0.250. The fraction of sp³-hybridized carbons (Fsp3) is 0.500. The Labute approximate surface area is 110 Å². The van der Waals surface area contributed by atoms with Gasteiger partial charge in [-0.3, -0.25) is 0 Å². The van der Waals surface area contributed by atoms with Gasteiger partial charge in [-0.25, -0.2) is 0 Å². The molecule has 1 aromatic rings. The van der Waals surface area contributed by atoms with Crippen LogP contribution in [0.2, 0.25) is 5.02 Å². The van der Waals surface area contributed by atoms with Crippen molar-refractivity contribution in [1.82, 2.24) is 0 Å². The Kier molecular flexibility index (Phi) is 5.09. The first-order chi connectivity index (χ1) is 7.38. The van der Waals surface area contributed by atoms with Crippen LogP contribution in [0.15, 0.2) is 22.7 Å². The second-order valence-corrected chi connectivity index (χ2v) is 5.78. The summed E-state index contributed by atoms with van der Waals surface area (Å²) in [5, 5.41) is 3.99. The van der Waals surface area contributed by atoms with E-state index >= 15 is 0 Å². The molecular weight excluding hydrogens is 289 g/mol. The Morgan fingerprint density at radius 3 is 2.62 bits per heavy atom. The zero-order chi connectivity index (χ0) is 12.2. The molecule has 0 fully saturated rings. The van der Waals surface area contributed by atoms with E-state index in [0.717, 1.165) is 21.7 Å². The quantitative estimate of drug-likeness (QED) is 0.836. The first-order valence-corrected chi connectivity index (χ1v) is 6.38. The van der Waals surface area contributed by atoms with Gasteiger partial charge >= 0.3 is 0 Å². The summed E-state index contributed by atoms with van der Waals surface area (Å²) in [6.45, 7) is 7.61. The zero-order valence-corrected chi connectivity index (χ0v) is 12.2.